The maximum absolute atomic E-state index is 13.4. The van der Waals surface area contributed by atoms with Crippen LogP contribution in [0.4, 0.5) is 10.7 Å². The third-order valence-electron chi connectivity index (χ3n) is 7.40. The fraction of sp³-hybridized carbons (Fsp3) is 0.467. The molecule has 0 bridgehead atoms. The van der Waals surface area contributed by atoms with E-state index < -0.39 is 33.9 Å². The van der Waals surface area contributed by atoms with Gasteiger partial charge in [-0.25, -0.2) is 9.59 Å². The van der Waals surface area contributed by atoms with Crippen LogP contribution in [0.1, 0.15) is 101 Å². The number of hydrogen-bond acceptors (Lipinski definition) is 12. The van der Waals surface area contributed by atoms with Crippen molar-refractivity contribution in [3.63, 3.8) is 0 Å². The van der Waals surface area contributed by atoms with Gasteiger partial charge in [-0.2, -0.15) is 0 Å². The molecule has 16 heteroatoms. The minimum Gasteiger partial charge on any atom is -0.462 e. The van der Waals surface area contributed by atoms with Gasteiger partial charge < -0.3 is 24.7 Å². The van der Waals surface area contributed by atoms with Crippen LogP contribution < -0.4 is 10.6 Å². The number of thiophene rings is 1. The van der Waals surface area contributed by atoms with Gasteiger partial charge in [-0.05, 0) is 58.2 Å². The Morgan fingerprint density at radius 1 is 1.07 bits per heavy atom. The molecule has 0 spiro atoms. The molecule has 1 atom stereocenters. The van der Waals surface area contributed by atoms with Crippen LogP contribution in [0.5, 0.6) is 0 Å². The highest BCUT2D eigenvalue weighted by molar-refractivity contribution is 8.00. The van der Waals surface area contributed by atoms with E-state index >= 15 is 0 Å². The number of benzene rings is 1. The molecule has 2 aromatic heterocycles. The molecule has 1 aromatic carbocycles. The number of nitrogens with zero attached hydrogens (tertiary/aromatic N) is 4. The van der Waals surface area contributed by atoms with Crippen LogP contribution in [0.2, 0.25) is 0 Å². The molecule has 1 aliphatic rings. The molecule has 0 saturated heterocycles. The summed E-state index contributed by atoms with van der Waals surface area (Å²) >= 11 is 2.15. The Bertz CT molecular complexity index is 1600. The zero-order valence-corrected chi connectivity index (χ0v) is 27.6. The lowest BCUT2D eigenvalue weighted by atomic mass is 9.95. The second kappa shape index (κ2) is 15.8. The molecule has 0 radical (unpaired) electrons. The number of ether oxygens (including phenoxy) is 2. The van der Waals surface area contributed by atoms with Gasteiger partial charge in [0.05, 0.1) is 35.5 Å². The molecule has 46 heavy (non-hydrogen) atoms. The zero-order valence-electron chi connectivity index (χ0n) is 26.0. The monoisotopic (exact) mass is 672 g/mol. The van der Waals surface area contributed by atoms with Crippen LogP contribution in [-0.4, -0.2) is 61.9 Å². The molecular weight excluding hydrogens is 636 g/mol. The van der Waals surface area contributed by atoms with Gasteiger partial charge in [0.15, 0.2) is 11.0 Å². The van der Waals surface area contributed by atoms with E-state index in [1.807, 2.05) is 4.57 Å². The summed E-state index contributed by atoms with van der Waals surface area (Å²) in [5.41, 5.74) is 0.636. The van der Waals surface area contributed by atoms with Crippen molar-refractivity contribution in [1.82, 2.24) is 20.1 Å². The van der Waals surface area contributed by atoms with Crippen molar-refractivity contribution in [3.8, 4) is 0 Å². The minimum absolute atomic E-state index is 0.0640. The Balaban J connectivity index is 1.52. The lowest BCUT2D eigenvalue weighted by Gasteiger charge is -2.26. The number of nitro groups is 1. The van der Waals surface area contributed by atoms with Gasteiger partial charge in [-0.15, -0.1) is 21.5 Å². The molecule has 14 nitrogen and oxygen atoms in total. The number of esters is 2. The molecule has 246 valence electrons. The maximum atomic E-state index is 13.4. The Morgan fingerprint density at radius 2 is 1.72 bits per heavy atom. The lowest BCUT2D eigenvalue weighted by molar-refractivity contribution is -0.384. The minimum atomic E-state index is -0.683. The van der Waals surface area contributed by atoms with E-state index in [2.05, 4.69) is 20.8 Å². The third-order valence-corrected chi connectivity index (χ3v) is 9.64. The van der Waals surface area contributed by atoms with Crippen molar-refractivity contribution in [1.29, 1.82) is 0 Å². The Labute approximate surface area is 273 Å². The van der Waals surface area contributed by atoms with Crippen LogP contribution in [0.15, 0.2) is 29.4 Å². The van der Waals surface area contributed by atoms with E-state index in [1.165, 1.54) is 36.0 Å². The normalized spacial score (nSPS) is 13.9. The quantitative estimate of drug-likeness (QED) is 0.102. The van der Waals surface area contributed by atoms with Crippen LogP contribution in [0.3, 0.4) is 0 Å². The summed E-state index contributed by atoms with van der Waals surface area (Å²) in [7, 11) is 0. The van der Waals surface area contributed by atoms with E-state index in [0.717, 1.165) is 43.4 Å². The van der Waals surface area contributed by atoms with E-state index in [4.69, 9.17) is 9.47 Å². The van der Waals surface area contributed by atoms with Crippen molar-refractivity contribution < 1.29 is 33.6 Å². The summed E-state index contributed by atoms with van der Waals surface area (Å²) in [5, 5.41) is 25.3. The molecule has 2 N–H and O–H groups in total. The smallest absolute Gasteiger partial charge is 0.348 e. The van der Waals surface area contributed by atoms with Crippen molar-refractivity contribution in [2.45, 2.75) is 82.8 Å². The number of thioether (sulfide) groups is 1. The van der Waals surface area contributed by atoms with E-state index in [-0.39, 0.29) is 52.5 Å². The predicted molar refractivity (Wildman–Crippen MR) is 171 cm³/mol. The number of carbonyl (C=O) groups is 4. The molecule has 0 aliphatic heterocycles. The first-order chi connectivity index (χ1) is 22.0. The van der Waals surface area contributed by atoms with E-state index in [1.54, 1.807) is 27.7 Å². The number of anilines is 1. The largest absolute Gasteiger partial charge is 0.462 e. The number of non-ortho nitro benzene ring substituents is 1. The fourth-order valence-electron chi connectivity index (χ4n) is 5.08. The molecule has 2 amide bonds. The summed E-state index contributed by atoms with van der Waals surface area (Å²) in [6.07, 6.45) is 4.94. The average molecular weight is 673 g/mol. The summed E-state index contributed by atoms with van der Waals surface area (Å²) in [6, 6.07) is 5.39. The predicted octanol–water partition coefficient (Wildman–Crippen LogP) is 5.46. The van der Waals surface area contributed by atoms with Gasteiger partial charge >= 0.3 is 11.9 Å². The first-order valence-electron chi connectivity index (χ1n) is 15.0. The number of hydrogen-bond donors (Lipinski definition) is 2. The Morgan fingerprint density at radius 3 is 2.35 bits per heavy atom. The maximum Gasteiger partial charge on any atom is 0.348 e. The highest BCUT2D eigenvalue weighted by Gasteiger charge is 2.30. The lowest BCUT2D eigenvalue weighted by Crippen LogP contribution is -2.27. The first kappa shape index (κ1) is 34.6. The highest BCUT2D eigenvalue weighted by Crippen LogP contribution is 2.37. The van der Waals surface area contributed by atoms with Gasteiger partial charge in [0.1, 0.15) is 9.88 Å². The average Bonchev–Trinajstić information content (AvgIpc) is 3.60. The fourth-order valence-corrected chi connectivity index (χ4v) is 7.11. The first-order valence-corrected chi connectivity index (χ1v) is 16.7. The van der Waals surface area contributed by atoms with Crippen molar-refractivity contribution in [3.05, 3.63) is 61.8 Å². The highest BCUT2D eigenvalue weighted by atomic mass is 32.2. The summed E-state index contributed by atoms with van der Waals surface area (Å²) in [6.45, 7) is 7.00. The van der Waals surface area contributed by atoms with Crippen LogP contribution >= 0.6 is 23.1 Å². The summed E-state index contributed by atoms with van der Waals surface area (Å²) < 4.78 is 12.3. The summed E-state index contributed by atoms with van der Waals surface area (Å²) in [5.74, 6) is -1.55. The van der Waals surface area contributed by atoms with Crippen LogP contribution in [0, 0.1) is 17.0 Å². The van der Waals surface area contributed by atoms with Crippen LogP contribution in [0.25, 0.3) is 0 Å². The molecule has 0 unspecified atom stereocenters. The number of nitrogens with one attached hydrogen (secondary N) is 2. The second-order valence-corrected chi connectivity index (χ2v) is 12.8. The molecule has 1 saturated carbocycles. The molecule has 1 aliphatic carbocycles. The van der Waals surface area contributed by atoms with Crippen molar-refractivity contribution in [2.24, 2.45) is 0 Å². The number of aromatic nitrogens is 3. The van der Waals surface area contributed by atoms with Gasteiger partial charge in [0, 0.05) is 23.7 Å². The molecule has 2 heterocycles. The zero-order chi connectivity index (χ0) is 33.4. The Hall–Kier alpha value is -4.31. The Kier molecular flexibility index (Phi) is 11.9. The number of amides is 2. The van der Waals surface area contributed by atoms with Gasteiger partial charge in [-0.3, -0.25) is 19.7 Å². The van der Waals surface area contributed by atoms with Gasteiger partial charge in [0.2, 0.25) is 5.91 Å². The van der Waals surface area contributed by atoms with Crippen LogP contribution in [-0.2, 0) is 20.8 Å². The van der Waals surface area contributed by atoms with E-state index in [0.29, 0.717) is 16.5 Å². The van der Waals surface area contributed by atoms with Gasteiger partial charge in [0.25, 0.3) is 11.6 Å². The van der Waals surface area contributed by atoms with E-state index in [9.17, 15) is 29.3 Å². The molecule has 4 rings (SSSR count). The SMILES string of the molecule is CCOC(=O)c1sc(NC(=O)[C@@H](C)Sc2nnc(CNC(=O)c3ccc([N+](=O)[O-])cc3)n2C2CCCCC2)c(C(=O)OCC)c1C. The van der Waals surface area contributed by atoms with Crippen molar-refractivity contribution in [2.75, 3.05) is 18.5 Å². The number of carbonyl (C=O) groups excluding carboxylic acids is 4. The third kappa shape index (κ3) is 8.09. The number of rotatable bonds is 13. The molecule has 1 fully saturated rings. The topological polar surface area (TPSA) is 185 Å². The standard InChI is InChI=1S/C30H36N6O8S2/c1-5-43-28(39)23-17(3)24(29(40)44-6-2)46-27(23)32-25(37)18(4)45-30-34-33-22(35(30)20-10-8-7-9-11-20)16-31-26(38)19-12-14-21(15-13-19)36(41)42/h12-15,18,20H,5-11,16H2,1-4H3,(H,31,38)(H,32,37)/t18-/m1/s1. The molecular formula is C30H36N6O8S2. The molecule has 3 aromatic rings. The summed E-state index contributed by atoms with van der Waals surface area (Å²) in [4.78, 5) is 62.2. The van der Waals surface area contributed by atoms with Gasteiger partial charge in [-0.1, -0.05) is 31.0 Å². The number of nitro benzene ring substituents is 1. The second-order valence-electron chi connectivity index (χ2n) is 10.5. The van der Waals surface area contributed by atoms with Crippen molar-refractivity contribution >= 4 is 57.5 Å².